The summed E-state index contributed by atoms with van der Waals surface area (Å²) in [4.78, 5) is 16.2. The van der Waals surface area contributed by atoms with Gasteiger partial charge in [-0.25, -0.2) is 22.9 Å². The number of nitrogens with zero attached hydrogens (tertiary/aromatic N) is 7. The number of pyridine rings is 1. The van der Waals surface area contributed by atoms with Gasteiger partial charge < -0.3 is 14.2 Å². The summed E-state index contributed by atoms with van der Waals surface area (Å²) in [6.45, 7) is 9.63. The van der Waals surface area contributed by atoms with E-state index in [9.17, 15) is 8.42 Å². The number of aryl methyl sites for hydroxylation is 1. The summed E-state index contributed by atoms with van der Waals surface area (Å²) in [6, 6.07) is 3.83. The van der Waals surface area contributed by atoms with Gasteiger partial charge in [0.1, 0.15) is 6.10 Å². The van der Waals surface area contributed by atoms with Gasteiger partial charge in [-0.3, -0.25) is 0 Å². The quantitative estimate of drug-likeness (QED) is 0.348. The lowest BCUT2D eigenvalue weighted by Gasteiger charge is -2.33. The average molecular weight is 532 g/mol. The van der Waals surface area contributed by atoms with E-state index < -0.39 is 9.84 Å². The van der Waals surface area contributed by atoms with Crippen LogP contribution in [0.1, 0.15) is 51.0 Å². The van der Waals surface area contributed by atoms with Crippen molar-refractivity contribution in [1.29, 1.82) is 0 Å². The summed E-state index contributed by atoms with van der Waals surface area (Å²) in [5.41, 5.74) is 2.05. The first-order valence-electron chi connectivity index (χ1n) is 11.9. The van der Waals surface area contributed by atoms with Crippen molar-refractivity contribution in [2.45, 2.75) is 57.6 Å². The van der Waals surface area contributed by atoms with Gasteiger partial charge in [0.2, 0.25) is 4.96 Å². The zero-order chi connectivity index (χ0) is 25.6. The Morgan fingerprint density at radius 2 is 1.89 bits per heavy atom. The molecule has 192 valence electrons. The normalized spacial score (nSPS) is 16.2. The lowest BCUT2D eigenvalue weighted by Crippen LogP contribution is -2.38. The lowest BCUT2D eigenvalue weighted by atomic mass is 9.92. The first-order chi connectivity index (χ1) is 17.1. The molecular weight excluding hydrogens is 502 g/mol. The van der Waals surface area contributed by atoms with Gasteiger partial charge in [0.15, 0.2) is 20.7 Å². The Morgan fingerprint density at radius 3 is 2.50 bits per heavy atom. The summed E-state index contributed by atoms with van der Waals surface area (Å²) >= 11 is 1.38. The van der Waals surface area contributed by atoms with Crippen LogP contribution in [0.25, 0.3) is 16.2 Å². The third-order valence-electron chi connectivity index (χ3n) is 6.45. The van der Waals surface area contributed by atoms with E-state index in [1.807, 2.05) is 20.0 Å². The van der Waals surface area contributed by atoms with E-state index in [4.69, 9.17) is 9.26 Å². The Balaban J connectivity index is 1.22. The number of hydrogen-bond acceptors (Lipinski definition) is 11. The molecule has 0 aromatic carbocycles. The Bertz CT molecular complexity index is 1450. The Hall–Kier alpha value is -3.06. The van der Waals surface area contributed by atoms with Gasteiger partial charge in [-0.15, -0.1) is 5.10 Å². The SMILES string of the molecule is Cc1nc(S(C)(=O)=O)ccc1-c1cn2nc(O[C@@H](C)C3CCN(c4nc(C(C)C)no4)CC3)sc2n1. The molecular formula is C23H29N7O4S2. The van der Waals surface area contributed by atoms with Crippen LogP contribution in [0.3, 0.4) is 0 Å². The Labute approximate surface area is 213 Å². The molecule has 36 heavy (non-hydrogen) atoms. The maximum atomic E-state index is 11.8. The third-order valence-corrected chi connectivity index (χ3v) is 8.25. The maximum absolute atomic E-state index is 11.8. The van der Waals surface area contributed by atoms with Crippen molar-refractivity contribution >= 4 is 32.1 Å². The molecule has 13 heteroatoms. The molecule has 4 aromatic rings. The number of hydrogen-bond donors (Lipinski definition) is 0. The molecule has 0 radical (unpaired) electrons. The molecule has 0 spiro atoms. The molecule has 1 fully saturated rings. The van der Waals surface area contributed by atoms with Crippen LogP contribution in [0.4, 0.5) is 6.01 Å². The van der Waals surface area contributed by atoms with Crippen molar-refractivity contribution < 1.29 is 17.7 Å². The number of fused-ring (bicyclic) bond motifs is 1. The number of anilines is 1. The molecule has 0 unspecified atom stereocenters. The first-order valence-corrected chi connectivity index (χ1v) is 14.6. The largest absolute Gasteiger partial charge is 0.466 e. The summed E-state index contributed by atoms with van der Waals surface area (Å²) in [5.74, 6) is 1.37. The molecule has 0 aliphatic carbocycles. The van der Waals surface area contributed by atoms with Crippen molar-refractivity contribution in [2.75, 3.05) is 24.2 Å². The van der Waals surface area contributed by atoms with E-state index >= 15 is 0 Å². The molecule has 0 bridgehead atoms. The van der Waals surface area contributed by atoms with Gasteiger partial charge in [-0.1, -0.05) is 19.0 Å². The summed E-state index contributed by atoms with van der Waals surface area (Å²) in [6.07, 6.45) is 4.88. The lowest BCUT2D eigenvalue weighted by molar-refractivity contribution is 0.130. The molecule has 5 rings (SSSR count). The zero-order valence-corrected chi connectivity index (χ0v) is 22.5. The molecule has 0 N–H and O–H groups in total. The number of aromatic nitrogens is 6. The highest BCUT2D eigenvalue weighted by Gasteiger charge is 2.28. The summed E-state index contributed by atoms with van der Waals surface area (Å²) in [7, 11) is -3.36. The van der Waals surface area contributed by atoms with Gasteiger partial charge in [0.25, 0.3) is 5.19 Å². The van der Waals surface area contributed by atoms with Crippen LogP contribution in [0, 0.1) is 12.8 Å². The molecule has 1 atom stereocenters. The Kier molecular flexibility index (Phi) is 6.45. The summed E-state index contributed by atoms with van der Waals surface area (Å²) in [5, 5.41) is 9.24. The van der Waals surface area contributed by atoms with Crippen LogP contribution in [-0.2, 0) is 9.84 Å². The van der Waals surface area contributed by atoms with Crippen molar-refractivity contribution in [2.24, 2.45) is 5.92 Å². The van der Waals surface area contributed by atoms with Crippen molar-refractivity contribution in [3.63, 3.8) is 0 Å². The first kappa shape index (κ1) is 24.6. The standard InChI is InChI=1S/C23H29N7O4S2/c1-13(2)20-26-21(34-28-20)29-10-8-16(9-11-29)15(4)33-23-27-30-12-18(25-22(30)35-23)17-6-7-19(24-14(17)3)36(5,31)32/h6-7,12-13,15-16H,8-11H2,1-5H3/t15-/m0/s1. The fourth-order valence-corrected chi connectivity index (χ4v) is 5.71. The fraction of sp³-hybridized carbons (Fsp3) is 0.522. The number of piperidine rings is 1. The van der Waals surface area contributed by atoms with E-state index in [-0.39, 0.29) is 17.0 Å². The number of ether oxygens (including phenoxy) is 1. The highest BCUT2D eigenvalue weighted by atomic mass is 32.2. The van der Waals surface area contributed by atoms with Crippen molar-refractivity contribution in [3.05, 3.63) is 29.8 Å². The fourth-order valence-electron chi connectivity index (χ4n) is 4.28. The number of rotatable bonds is 7. The van der Waals surface area contributed by atoms with Gasteiger partial charge >= 0.3 is 6.01 Å². The second kappa shape index (κ2) is 9.43. The van der Waals surface area contributed by atoms with Crippen LogP contribution in [0.2, 0.25) is 0 Å². The minimum absolute atomic E-state index is 0.00590. The van der Waals surface area contributed by atoms with Gasteiger partial charge in [0.05, 0.1) is 11.9 Å². The van der Waals surface area contributed by atoms with Crippen LogP contribution in [0.5, 0.6) is 5.19 Å². The predicted octanol–water partition coefficient (Wildman–Crippen LogP) is 3.76. The highest BCUT2D eigenvalue weighted by molar-refractivity contribution is 7.90. The van der Waals surface area contributed by atoms with Crippen molar-refractivity contribution in [1.82, 2.24) is 29.7 Å². The maximum Gasteiger partial charge on any atom is 0.324 e. The van der Waals surface area contributed by atoms with Crippen LogP contribution in [-0.4, -0.2) is 63.6 Å². The molecule has 11 nitrogen and oxygen atoms in total. The van der Waals surface area contributed by atoms with Crippen LogP contribution >= 0.6 is 11.3 Å². The topological polar surface area (TPSA) is 129 Å². The predicted molar refractivity (Wildman–Crippen MR) is 135 cm³/mol. The molecule has 4 aromatic heterocycles. The van der Waals surface area contributed by atoms with E-state index in [1.54, 1.807) is 17.5 Å². The average Bonchev–Trinajstić information content (AvgIpc) is 3.54. The third kappa shape index (κ3) is 4.94. The second-order valence-electron chi connectivity index (χ2n) is 9.51. The zero-order valence-electron chi connectivity index (χ0n) is 20.9. The van der Waals surface area contributed by atoms with Crippen LogP contribution < -0.4 is 9.64 Å². The van der Waals surface area contributed by atoms with Gasteiger partial charge in [-0.05, 0) is 56.1 Å². The second-order valence-corrected chi connectivity index (χ2v) is 12.4. The number of sulfone groups is 1. The number of imidazole rings is 1. The van der Waals surface area contributed by atoms with E-state index in [0.29, 0.717) is 33.5 Å². The monoisotopic (exact) mass is 531 g/mol. The summed E-state index contributed by atoms with van der Waals surface area (Å²) < 4.78 is 36.8. The van der Waals surface area contributed by atoms with Crippen LogP contribution in [0.15, 0.2) is 27.9 Å². The molecule has 0 saturated carbocycles. The van der Waals surface area contributed by atoms with Crippen molar-refractivity contribution in [3.8, 4) is 16.5 Å². The van der Waals surface area contributed by atoms with Gasteiger partial charge in [0, 0.05) is 36.5 Å². The minimum Gasteiger partial charge on any atom is -0.466 e. The molecule has 1 aliphatic rings. The molecule has 1 saturated heterocycles. The molecule has 0 amide bonds. The van der Waals surface area contributed by atoms with E-state index in [2.05, 4.69) is 37.0 Å². The van der Waals surface area contributed by atoms with E-state index in [0.717, 1.165) is 43.6 Å². The van der Waals surface area contributed by atoms with Gasteiger partial charge in [-0.2, -0.15) is 4.98 Å². The molecule has 1 aliphatic heterocycles. The minimum atomic E-state index is -3.36. The Morgan fingerprint density at radius 1 is 1.14 bits per heavy atom. The van der Waals surface area contributed by atoms with E-state index in [1.165, 1.54) is 17.4 Å². The highest BCUT2D eigenvalue weighted by Crippen LogP contribution is 2.31. The molecule has 5 heterocycles. The smallest absolute Gasteiger partial charge is 0.324 e.